The van der Waals surface area contributed by atoms with E-state index < -0.39 is 4.92 Å². The van der Waals surface area contributed by atoms with E-state index in [9.17, 15) is 14.9 Å². The summed E-state index contributed by atoms with van der Waals surface area (Å²) in [6.07, 6.45) is 5.55. The minimum atomic E-state index is -0.456. The Hall–Kier alpha value is -2.74. The van der Waals surface area contributed by atoms with Crippen LogP contribution in [0.3, 0.4) is 0 Å². The molecule has 0 saturated carbocycles. The van der Waals surface area contributed by atoms with Crippen LogP contribution >= 0.6 is 0 Å². The van der Waals surface area contributed by atoms with Crippen LogP contribution in [0.5, 0.6) is 0 Å². The van der Waals surface area contributed by atoms with Crippen molar-refractivity contribution in [3.63, 3.8) is 0 Å². The number of nitro benzene ring substituents is 1. The zero-order valence-corrected chi connectivity index (χ0v) is 15.5. The van der Waals surface area contributed by atoms with Crippen molar-refractivity contribution in [3.8, 4) is 5.69 Å². The van der Waals surface area contributed by atoms with Crippen LogP contribution in [0, 0.1) is 16.0 Å². The molecule has 0 atom stereocenters. The monoisotopic (exact) mass is 371 g/mol. The molecule has 1 aromatic heterocycles. The van der Waals surface area contributed by atoms with E-state index in [1.54, 1.807) is 18.3 Å². The second-order valence-corrected chi connectivity index (χ2v) is 6.86. The van der Waals surface area contributed by atoms with Crippen molar-refractivity contribution in [2.45, 2.75) is 32.6 Å². The van der Waals surface area contributed by atoms with Gasteiger partial charge in [0, 0.05) is 30.6 Å². The molecule has 0 amide bonds. The molecule has 3 rings (SSSR count). The molecule has 1 fully saturated rings. The Morgan fingerprint density at radius 2 is 2.00 bits per heavy atom. The van der Waals surface area contributed by atoms with E-state index in [1.165, 1.54) is 16.8 Å². The quantitative estimate of drug-likeness (QED) is 0.443. The molecule has 144 valence electrons. The number of benzene rings is 1. The van der Waals surface area contributed by atoms with E-state index in [2.05, 4.69) is 22.3 Å². The number of nitro groups is 1. The summed E-state index contributed by atoms with van der Waals surface area (Å²) < 4.78 is 1.43. The first kappa shape index (κ1) is 19.0. The van der Waals surface area contributed by atoms with Gasteiger partial charge < -0.3 is 5.32 Å². The number of H-pyrrole nitrogens is 1. The predicted octanol–water partition coefficient (Wildman–Crippen LogP) is 2.44. The summed E-state index contributed by atoms with van der Waals surface area (Å²) in [6, 6.07) is 5.93. The van der Waals surface area contributed by atoms with Crippen LogP contribution in [0.4, 0.5) is 5.69 Å². The van der Waals surface area contributed by atoms with Gasteiger partial charge in [-0.3, -0.25) is 25.0 Å². The smallest absolute Gasteiger partial charge is 0.280 e. The van der Waals surface area contributed by atoms with E-state index in [1.807, 2.05) is 0 Å². The van der Waals surface area contributed by atoms with Gasteiger partial charge in [0.25, 0.3) is 11.2 Å². The van der Waals surface area contributed by atoms with Gasteiger partial charge in [0.05, 0.1) is 16.2 Å². The number of nitrogens with zero attached hydrogens (tertiary/aromatic N) is 3. The Morgan fingerprint density at radius 1 is 1.30 bits per heavy atom. The third kappa shape index (κ3) is 4.51. The number of non-ortho nitro benzene ring substituents is 1. The minimum Gasteiger partial charge on any atom is -0.317 e. The standard InChI is InChI=1S/C19H25N5O3/c1-2-3-18-17(13-21-12-14-8-10-20-11-9-14)19(25)23(22-18)15-4-6-16(7-5-15)24(26)27/h4-7,13-14,20,22H,2-3,8-12H2,1H3. The Bertz CT molecular complexity index is 860. The summed E-state index contributed by atoms with van der Waals surface area (Å²) >= 11 is 0. The number of rotatable bonds is 7. The van der Waals surface area contributed by atoms with Gasteiger partial charge in [0.2, 0.25) is 0 Å². The second kappa shape index (κ2) is 8.77. The molecule has 0 unspecified atom stereocenters. The molecule has 2 heterocycles. The van der Waals surface area contributed by atoms with Gasteiger partial charge >= 0.3 is 0 Å². The number of aromatic amines is 1. The maximum absolute atomic E-state index is 12.9. The van der Waals surface area contributed by atoms with Crippen LogP contribution in [0.25, 0.3) is 5.69 Å². The van der Waals surface area contributed by atoms with Crippen molar-refractivity contribution >= 4 is 11.9 Å². The third-order valence-corrected chi connectivity index (χ3v) is 4.87. The molecule has 0 bridgehead atoms. The summed E-state index contributed by atoms with van der Waals surface area (Å²) in [4.78, 5) is 27.8. The average molecular weight is 371 g/mol. The van der Waals surface area contributed by atoms with Crippen LogP contribution < -0.4 is 10.9 Å². The number of piperidine rings is 1. The molecular weight excluding hydrogens is 346 g/mol. The molecule has 1 saturated heterocycles. The summed E-state index contributed by atoms with van der Waals surface area (Å²) in [5, 5.41) is 17.3. The highest BCUT2D eigenvalue weighted by molar-refractivity contribution is 5.80. The molecule has 0 spiro atoms. The van der Waals surface area contributed by atoms with Crippen molar-refractivity contribution in [3.05, 3.63) is 56.0 Å². The van der Waals surface area contributed by atoms with Crippen molar-refractivity contribution in [1.29, 1.82) is 0 Å². The molecule has 0 aliphatic carbocycles. The van der Waals surface area contributed by atoms with E-state index in [0.717, 1.165) is 51.0 Å². The normalized spacial score (nSPS) is 15.4. The van der Waals surface area contributed by atoms with Crippen LogP contribution in [0.2, 0.25) is 0 Å². The van der Waals surface area contributed by atoms with Gasteiger partial charge in [0.1, 0.15) is 0 Å². The topological polar surface area (TPSA) is 105 Å². The lowest BCUT2D eigenvalue weighted by atomic mass is 9.98. The van der Waals surface area contributed by atoms with E-state index in [0.29, 0.717) is 17.2 Å². The molecule has 8 heteroatoms. The molecule has 0 radical (unpaired) electrons. The summed E-state index contributed by atoms with van der Waals surface area (Å²) in [5.74, 6) is 0.563. The fraction of sp³-hybridized carbons (Fsp3) is 0.474. The van der Waals surface area contributed by atoms with Crippen molar-refractivity contribution in [2.75, 3.05) is 19.6 Å². The van der Waals surface area contributed by atoms with Crippen molar-refractivity contribution < 1.29 is 4.92 Å². The fourth-order valence-corrected chi connectivity index (χ4v) is 3.33. The van der Waals surface area contributed by atoms with Gasteiger partial charge in [-0.25, -0.2) is 4.68 Å². The van der Waals surface area contributed by atoms with Crippen LogP contribution in [0.15, 0.2) is 34.1 Å². The Morgan fingerprint density at radius 3 is 2.63 bits per heavy atom. The highest BCUT2D eigenvalue weighted by Gasteiger charge is 2.15. The Balaban J connectivity index is 1.84. The lowest BCUT2D eigenvalue weighted by Gasteiger charge is -2.20. The molecule has 27 heavy (non-hydrogen) atoms. The number of hydrogen-bond acceptors (Lipinski definition) is 5. The zero-order valence-electron chi connectivity index (χ0n) is 15.5. The average Bonchev–Trinajstić information content (AvgIpc) is 2.99. The minimum absolute atomic E-state index is 0.00380. The molecule has 2 aromatic rings. The van der Waals surface area contributed by atoms with Gasteiger partial charge in [-0.05, 0) is 50.4 Å². The fourth-order valence-electron chi connectivity index (χ4n) is 3.33. The predicted molar refractivity (Wildman–Crippen MR) is 105 cm³/mol. The largest absolute Gasteiger partial charge is 0.317 e. The van der Waals surface area contributed by atoms with Gasteiger partial charge in [-0.1, -0.05) is 13.3 Å². The number of nitrogens with one attached hydrogen (secondary N) is 2. The first-order valence-electron chi connectivity index (χ1n) is 9.39. The summed E-state index contributed by atoms with van der Waals surface area (Å²) in [7, 11) is 0. The summed E-state index contributed by atoms with van der Waals surface area (Å²) in [5.41, 5.74) is 1.80. The number of aryl methyl sites for hydroxylation is 1. The van der Waals surface area contributed by atoms with E-state index in [-0.39, 0.29) is 11.2 Å². The Labute approximate surface area is 157 Å². The second-order valence-electron chi connectivity index (χ2n) is 6.86. The van der Waals surface area contributed by atoms with Crippen molar-refractivity contribution in [2.24, 2.45) is 10.9 Å². The molecule has 1 aliphatic rings. The zero-order chi connectivity index (χ0) is 19.2. The molecular formula is C19H25N5O3. The lowest BCUT2D eigenvalue weighted by Crippen LogP contribution is -2.29. The maximum Gasteiger partial charge on any atom is 0.280 e. The van der Waals surface area contributed by atoms with Crippen molar-refractivity contribution in [1.82, 2.24) is 15.1 Å². The molecule has 1 aromatic carbocycles. The van der Waals surface area contributed by atoms with Crippen LogP contribution in [-0.4, -0.2) is 40.6 Å². The highest BCUT2D eigenvalue weighted by Crippen LogP contribution is 2.15. The lowest BCUT2D eigenvalue weighted by molar-refractivity contribution is -0.384. The number of aromatic nitrogens is 2. The van der Waals surface area contributed by atoms with Crippen LogP contribution in [-0.2, 0) is 6.42 Å². The Kier molecular flexibility index (Phi) is 6.18. The first-order chi connectivity index (χ1) is 13.1. The number of aliphatic imine (C=N–C) groups is 1. The molecule has 2 N–H and O–H groups in total. The van der Waals surface area contributed by atoms with Gasteiger partial charge in [-0.15, -0.1) is 0 Å². The molecule has 1 aliphatic heterocycles. The van der Waals surface area contributed by atoms with Crippen LogP contribution in [0.1, 0.15) is 37.4 Å². The number of hydrogen-bond donors (Lipinski definition) is 2. The SMILES string of the molecule is CCCc1[nH]n(-c2ccc([N+](=O)[O-])cc2)c(=O)c1C=NCC1CCNCC1. The summed E-state index contributed by atoms with van der Waals surface area (Å²) in [6.45, 7) is 4.84. The van der Waals surface area contributed by atoms with Gasteiger partial charge in [-0.2, -0.15) is 0 Å². The maximum atomic E-state index is 12.9. The molecule has 8 nitrogen and oxygen atoms in total. The highest BCUT2D eigenvalue weighted by atomic mass is 16.6. The van der Waals surface area contributed by atoms with E-state index in [4.69, 9.17) is 0 Å². The third-order valence-electron chi connectivity index (χ3n) is 4.87. The van der Waals surface area contributed by atoms with Gasteiger partial charge in [0.15, 0.2) is 0 Å². The first-order valence-corrected chi connectivity index (χ1v) is 9.39. The van der Waals surface area contributed by atoms with E-state index >= 15 is 0 Å².